The Labute approximate surface area is 101 Å². The van der Waals surface area contributed by atoms with Crippen LogP contribution in [-0.4, -0.2) is 25.9 Å². The number of nitrogens with one attached hydrogen (secondary N) is 1. The van der Waals surface area contributed by atoms with E-state index in [4.69, 9.17) is 4.74 Å². The van der Waals surface area contributed by atoms with Gasteiger partial charge in [-0.15, -0.1) is 11.8 Å². The molecule has 0 aliphatic rings. The molecular formula is C12H17NO2S. The van der Waals surface area contributed by atoms with Gasteiger partial charge in [-0.3, -0.25) is 4.79 Å². The van der Waals surface area contributed by atoms with Gasteiger partial charge in [0.15, 0.2) is 0 Å². The molecule has 0 aromatic heterocycles. The zero-order valence-corrected chi connectivity index (χ0v) is 10.5. The third-order valence-corrected chi connectivity index (χ3v) is 2.93. The Morgan fingerprint density at radius 1 is 1.38 bits per heavy atom. The molecule has 1 amide bonds. The molecule has 0 saturated heterocycles. The standard InChI is InChI=1S/C12H17NO2S/c1-15-8-7-12(14)13-9-10-3-5-11(16-2)6-4-10/h3-6H,7-9H2,1-2H3,(H,13,14). The number of methoxy groups -OCH3 is 1. The molecule has 0 saturated carbocycles. The van der Waals surface area contributed by atoms with Gasteiger partial charge in [-0.25, -0.2) is 0 Å². The quantitative estimate of drug-likeness (QED) is 0.772. The van der Waals surface area contributed by atoms with Gasteiger partial charge in [-0.2, -0.15) is 0 Å². The van der Waals surface area contributed by atoms with Crippen LogP contribution in [0.15, 0.2) is 29.2 Å². The molecule has 0 bridgehead atoms. The maximum atomic E-state index is 11.3. The zero-order valence-electron chi connectivity index (χ0n) is 9.66. The topological polar surface area (TPSA) is 38.3 Å². The van der Waals surface area contributed by atoms with Crippen LogP contribution in [0.1, 0.15) is 12.0 Å². The molecule has 0 heterocycles. The molecule has 1 aromatic rings. The van der Waals surface area contributed by atoms with Gasteiger partial charge in [0.2, 0.25) is 5.91 Å². The molecule has 0 spiro atoms. The number of hydrogen-bond donors (Lipinski definition) is 1. The van der Waals surface area contributed by atoms with Crippen molar-refractivity contribution >= 4 is 17.7 Å². The summed E-state index contributed by atoms with van der Waals surface area (Å²) in [5.41, 5.74) is 1.11. The van der Waals surface area contributed by atoms with Crippen molar-refractivity contribution in [2.75, 3.05) is 20.0 Å². The van der Waals surface area contributed by atoms with E-state index >= 15 is 0 Å². The fourth-order valence-corrected chi connectivity index (χ4v) is 1.64. The first kappa shape index (κ1) is 13.1. The summed E-state index contributed by atoms with van der Waals surface area (Å²) < 4.78 is 4.83. The Balaban J connectivity index is 2.33. The molecule has 0 aliphatic heterocycles. The number of thioether (sulfide) groups is 1. The predicted molar refractivity (Wildman–Crippen MR) is 66.6 cm³/mol. The molecule has 1 aromatic carbocycles. The predicted octanol–water partition coefficient (Wildman–Crippen LogP) is 2.06. The first-order valence-electron chi connectivity index (χ1n) is 5.15. The van der Waals surface area contributed by atoms with Gasteiger partial charge in [0, 0.05) is 25.0 Å². The average Bonchev–Trinajstić information content (AvgIpc) is 2.34. The highest BCUT2D eigenvalue weighted by molar-refractivity contribution is 7.98. The van der Waals surface area contributed by atoms with Gasteiger partial charge in [-0.1, -0.05) is 12.1 Å². The lowest BCUT2D eigenvalue weighted by Gasteiger charge is -2.05. The number of rotatable bonds is 6. The van der Waals surface area contributed by atoms with E-state index in [0.29, 0.717) is 19.6 Å². The van der Waals surface area contributed by atoms with Crippen LogP contribution in [0, 0.1) is 0 Å². The van der Waals surface area contributed by atoms with Crippen LogP contribution in [0.2, 0.25) is 0 Å². The van der Waals surface area contributed by atoms with Gasteiger partial charge in [0.05, 0.1) is 6.61 Å². The summed E-state index contributed by atoms with van der Waals surface area (Å²) in [7, 11) is 1.59. The Kier molecular flexibility index (Phi) is 5.96. The van der Waals surface area contributed by atoms with Crippen molar-refractivity contribution in [1.29, 1.82) is 0 Å². The number of carbonyl (C=O) groups is 1. The monoisotopic (exact) mass is 239 g/mol. The van der Waals surface area contributed by atoms with E-state index in [1.807, 2.05) is 18.4 Å². The molecule has 16 heavy (non-hydrogen) atoms. The van der Waals surface area contributed by atoms with Crippen molar-refractivity contribution in [2.45, 2.75) is 17.9 Å². The van der Waals surface area contributed by atoms with Crippen molar-refractivity contribution in [1.82, 2.24) is 5.32 Å². The van der Waals surface area contributed by atoms with Crippen LogP contribution < -0.4 is 5.32 Å². The first-order chi connectivity index (χ1) is 7.76. The second kappa shape index (κ2) is 7.30. The highest BCUT2D eigenvalue weighted by atomic mass is 32.2. The van der Waals surface area contributed by atoms with Crippen molar-refractivity contribution in [3.05, 3.63) is 29.8 Å². The number of hydrogen-bond acceptors (Lipinski definition) is 3. The highest BCUT2D eigenvalue weighted by Gasteiger charge is 2.00. The van der Waals surface area contributed by atoms with Gasteiger partial charge in [0.1, 0.15) is 0 Å². The van der Waals surface area contributed by atoms with Crippen molar-refractivity contribution in [3.63, 3.8) is 0 Å². The number of ether oxygens (including phenoxy) is 1. The average molecular weight is 239 g/mol. The highest BCUT2D eigenvalue weighted by Crippen LogP contribution is 2.14. The van der Waals surface area contributed by atoms with E-state index in [0.717, 1.165) is 5.56 Å². The van der Waals surface area contributed by atoms with E-state index in [2.05, 4.69) is 17.4 Å². The van der Waals surface area contributed by atoms with Crippen LogP contribution in [0.4, 0.5) is 0 Å². The lowest BCUT2D eigenvalue weighted by Crippen LogP contribution is -2.23. The smallest absolute Gasteiger partial charge is 0.222 e. The summed E-state index contributed by atoms with van der Waals surface area (Å²) in [5.74, 6) is 0.0239. The number of benzene rings is 1. The van der Waals surface area contributed by atoms with Crippen molar-refractivity contribution < 1.29 is 9.53 Å². The Hall–Kier alpha value is -1.00. The van der Waals surface area contributed by atoms with Crippen LogP contribution in [-0.2, 0) is 16.1 Å². The summed E-state index contributed by atoms with van der Waals surface area (Å²) in [6, 6.07) is 8.17. The fraction of sp³-hybridized carbons (Fsp3) is 0.417. The Morgan fingerprint density at radius 2 is 2.06 bits per heavy atom. The van der Waals surface area contributed by atoms with Gasteiger partial charge in [-0.05, 0) is 24.0 Å². The van der Waals surface area contributed by atoms with E-state index in [1.165, 1.54) is 4.90 Å². The van der Waals surface area contributed by atoms with Crippen LogP contribution in [0.25, 0.3) is 0 Å². The molecule has 4 heteroatoms. The molecule has 1 rings (SSSR count). The molecule has 88 valence electrons. The minimum Gasteiger partial charge on any atom is -0.384 e. The van der Waals surface area contributed by atoms with Crippen LogP contribution >= 0.6 is 11.8 Å². The summed E-state index contributed by atoms with van der Waals surface area (Å²) in [4.78, 5) is 12.5. The maximum absolute atomic E-state index is 11.3. The Morgan fingerprint density at radius 3 is 2.62 bits per heavy atom. The molecule has 0 atom stereocenters. The van der Waals surface area contributed by atoms with E-state index < -0.39 is 0 Å². The minimum atomic E-state index is 0.0239. The van der Waals surface area contributed by atoms with E-state index in [-0.39, 0.29) is 5.91 Å². The SMILES string of the molecule is COCCC(=O)NCc1ccc(SC)cc1. The van der Waals surface area contributed by atoms with Crippen LogP contribution in [0.5, 0.6) is 0 Å². The van der Waals surface area contributed by atoms with Crippen LogP contribution in [0.3, 0.4) is 0 Å². The number of carbonyl (C=O) groups excluding carboxylic acids is 1. The minimum absolute atomic E-state index is 0.0239. The molecular weight excluding hydrogens is 222 g/mol. The van der Waals surface area contributed by atoms with E-state index in [1.54, 1.807) is 18.9 Å². The summed E-state index contributed by atoms with van der Waals surface area (Å²) in [6.45, 7) is 1.05. The lowest BCUT2D eigenvalue weighted by atomic mass is 10.2. The molecule has 0 unspecified atom stereocenters. The number of amides is 1. The Bertz CT molecular complexity index is 324. The molecule has 3 nitrogen and oxygen atoms in total. The summed E-state index contributed by atoms with van der Waals surface area (Å²) in [6.07, 6.45) is 2.46. The fourth-order valence-electron chi connectivity index (χ4n) is 1.23. The zero-order chi connectivity index (χ0) is 11.8. The van der Waals surface area contributed by atoms with Crippen molar-refractivity contribution in [2.24, 2.45) is 0 Å². The molecule has 0 radical (unpaired) electrons. The molecule has 0 aliphatic carbocycles. The van der Waals surface area contributed by atoms with Gasteiger partial charge in [0.25, 0.3) is 0 Å². The maximum Gasteiger partial charge on any atom is 0.222 e. The third-order valence-electron chi connectivity index (χ3n) is 2.18. The summed E-state index contributed by atoms with van der Waals surface area (Å²) >= 11 is 1.71. The first-order valence-corrected chi connectivity index (χ1v) is 6.37. The van der Waals surface area contributed by atoms with Crippen molar-refractivity contribution in [3.8, 4) is 0 Å². The van der Waals surface area contributed by atoms with E-state index in [9.17, 15) is 4.79 Å². The second-order valence-electron chi connectivity index (χ2n) is 3.37. The van der Waals surface area contributed by atoms with Gasteiger partial charge >= 0.3 is 0 Å². The lowest BCUT2D eigenvalue weighted by molar-refractivity contribution is -0.122. The van der Waals surface area contributed by atoms with Gasteiger partial charge < -0.3 is 10.1 Å². The molecule has 0 fully saturated rings. The summed E-state index contributed by atoms with van der Waals surface area (Å²) in [5, 5.41) is 2.85. The molecule has 1 N–H and O–H groups in total. The normalized spacial score (nSPS) is 10.1. The largest absolute Gasteiger partial charge is 0.384 e. The second-order valence-corrected chi connectivity index (χ2v) is 4.25. The third kappa shape index (κ3) is 4.68.